The highest BCUT2D eigenvalue weighted by Crippen LogP contribution is 2.20. The lowest BCUT2D eigenvalue weighted by atomic mass is 10.0. The number of aryl methyl sites for hydroxylation is 1. The third kappa shape index (κ3) is 8.38. The van der Waals surface area contributed by atoms with E-state index in [4.69, 9.17) is 0 Å². The fourth-order valence-corrected chi connectivity index (χ4v) is 4.90. The van der Waals surface area contributed by atoms with Crippen LogP contribution >= 0.6 is 0 Å². The number of carbonyl (C=O) groups is 2. The number of nitrogens with zero attached hydrogens (tertiary/aromatic N) is 2. The first-order valence-electron chi connectivity index (χ1n) is 12.3. The van der Waals surface area contributed by atoms with Gasteiger partial charge >= 0.3 is 0 Å². The molecule has 2 aromatic rings. The first-order valence-corrected chi connectivity index (χ1v) is 14.1. The summed E-state index contributed by atoms with van der Waals surface area (Å²) in [7, 11) is -3.50. The molecular weight excluding hydrogens is 462 g/mol. The van der Waals surface area contributed by atoms with Crippen LogP contribution in [0, 0.1) is 6.92 Å². The van der Waals surface area contributed by atoms with Gasteiger partial charge in [-0.3, -0.25) is 13.9 Å². The fraction of sp³-hybridized carbons (Fsp3) is 0.481. The van der Waals surface area contributed by atoms with E-state index < -0.39 is 16.1 Å². The summed E-state index contributed by atoms with van der Waals surface area (Å²) in [5.41, 5.74) is 2.60. The van der Waals surface area contributed by atoms with E-state index in [2.05, 4.69) is 5.32 Å². The molecule has 0 spiro atoms. The molecule has 0 heterocycles. The third-order valence-corrected chi connectivity index (χ3v) is 7.38. The number of hydrogen-bond acceptors (Lipinski definition) is 4. The van der Waals surface area contributed by atoms with Crippen molar-refractivity contribution in [3.05, 3.63) is 65.7 Å². The Hall–Kier alpha value is -2.87. The van der Waals surface area contributed by atoms with E-state index in [-0.39, 0.29) is 30.8 Å². The van der Waals surface area contributed by atoms with Gasteiger partial charge in [0.2, 0.25) is 21.8 Å². The summed E-state index contributed by atoms with van der Waals surface area (Å²) >= 11 is 0. The summed E-state index contributed by atoms with van der Waals surface area (Å²) in [5.74, 6) is -0.327. The summed E-state index contributed by atoms with van der Waals surface area (Å²) in [5, 5.41) is 3.01. The molecule has 0 aromatic heterocycles. The van der Waals surface area contributed by atoms with Crippen molar-refractivity contribution < 1.29 is 18.0 Å². The molecule has 2 rings (SSSR count). The average Bonchev–Trinajstić information content (AvgIpc) is 2.82. The lowest BCUT2D eigenvalue weighted by Crippen LogP contribution is -2.50. The Bertz CT molecular complexity index is 1070. The normalized spacial score (nSPS) is 13.1. The number of amides is 2. The lowest BCUT2D eigenvalue weighted by molar-refractivity contribution is -0.141. The number of anilines is 1. The number of nitrogens with one attached hydrogen (secondary N) is 1. The van der Waals surface area contributed by atoms with Gasteiger partial charge in [0.1, 0.15) is 6.04 Å². The molecule has 0 saturated carbocycles. The molecule has 192 valence electrons. The molecule has 0 aliphatic rings. The summed E-state index contributed by atoms with van der Waals surface area (Å²) in [6.45, 7) is 8.35. The van der Waals surface area contributed by atoms with Crippen LogP contribution in [0.3, 0.4) is 0 Å². The van der Waals surface area contributed by atoms with Crippen LogP contribution in [0.5, 0.6) is 0 Å². The largest absolute Gasteiger partial charge is 0.352 e. The van der Waals surface area contributed by atoms with Crippen LogP contribution in [0.25, 0.3) is 0 Å². The van der Waals surface area contributed by atoms with Gasteiger partial charge in [-0.2, -0.15) is 0 Å². The molecule has 35 heavy (non-hydrogen) atoms. The fourth-order valence-electron chi connectivity index (χ4n) is 3.93. The van der Waals surface area contributed by atoms with Crippen LogP contribution in [0.15, 0.2) is 54.6 Å². The number of hydrogen-bond donors (Lipinski definition) is 1. The average molecular weight is 502 g/mol. The van der Waals surface area contributed by atoms with Gasteiger partial charge in [0, 0.05) is 25.6 Å². The number of benzene rings is 2. The SMILES string of the molecule is CC[C@@H](C)NC(=O)[C@@H](CC)N(Cc1ccccc1C)C(=O)CCCN(c1ccccc1)S(C)(=O)=O. The smallest absolute Gasteiger partial charge is 0.243 e. The lowest BCUT2D eigenvalue weighted by Gasteiger charge is -2.32. The molecular formula is C27H39N3O4S. The second-order valence-electron chi connectivity index (χ2n) is 8.96. The first kappa shape index (κ1) is 28.4. The second-order valence-corrected chi connectivity index (χ2v) is 10.9. The second kappa shape index (κ2) is 13.3. The van der Waals surface area contributed by atoms with Crippen molar-refractivity contribution >= 4 is 27.5 Å². The molecule has 0 bridgehead atoms. The van der Waals surface area contributed by atoms with Crippen molar-refractivity contribution in [2.45, 2.75) is 72.0 Å². The predicted octanol–water partition coefficient (Wildman–Crippen LogP) is 4.26. The summed E-state index contributed by atoms with van der Waals surface area (Å²) < 4.78 is 26.1. The number of rotatable bonds is 13. The maximum atomic E-state index is 13.5. The van der Waals surface area contributed by atoms with Crippen molar-refractivity contribution in [2.75, 3.05) is 17.1 Å². The van der Waals surface area contributed by atoms with Gasteiger partial charge < -0.3 is 10.2 Å². The minimum atomic E-state index is -3.50. The molecule has 0 unspecified atom stereocenters. The Labute approximate surface area is 210 Å². The van der Waals surface area contributed by atoms with E-state index in [1.807, 2.05) is 58.0 Å². The highest BCUT2D eigenvalue weighted by Gasteiger charge is 2.29. The monoisotopic (exact) mass is 501 g/mol. The van der Waals surface area contributed by atoms with E-state index >= 15 is 0 Å². The molecule has 0 radical (unpaired) electrons. The van der Waals surface area contributed by atoms with Gasteiger partial charge in [0.15, 0.2) is 0 Å². The zero-order valence-corrected chi connectivity index (χ0v) is 22.3. The molecule has 1 N–H and O–H groups in total. The van der Waals surface area contributed by atoms with Crippen LogP contribution in [0.4, 0.5) is 5.69 Å². The van der Waals surface area contributed by atoms with Crippen LogP contribution in [0.2, 0.25) is 0 Å². The molecule has 7 nitrogen and oxygen atoms in total. The van der Waals surface area contributed by atoms with Crippen molar-refractivity contribution in [2.24, 2.45) is 0 Å². The van der Waals surface area contributed by atoms with Crippen LogP contribution in [-0.2, 0) is 26.2 Å². The topological polar surface area (TPSA) is 86.8 Å². The molecule has 2 atom stereocenters. The van der Waals surface area contributed by atoms with E-state index in [0.717, 1.165) is 17.5 Å². The van der Waals surface area contributed by atoms with Crippen molar-refractivity contribution in [1.29, 1.82) is 0 Å². The van der Waals surface area contributed by atoms with Gasteiger partial charge in [-0.25, -0.2) is 8.42 Å². The van der Waals surface area contributed by atoms with Gasteiger partial charge in [-0.05, 0) is 56.4 Å². The molecule has 8 heteroatoms. The Balaban J connectivity index is 2.22. The van der Waals surface area contributed by atoms with Crippen LogP contribution < -0.4 is 9.62 Å². The minimum Gasteiger partial charge on any atom is -0.352 e. The standard InChI is InChI=1S/C27H39N3O4S/c1-6-22(4)28-27(32)25(7-2)29(20-23-15-12-11-14-21(23)3)26(31)18-13-19-30(35(5,33)34)24-16-9-8-10-17-24/h8-12,14-17,22,25H,6-7,13,18-20H2,1-5H3,(H,28,32)/t22-,25-/m1/s1. The molecule has 0 fully saturated rings. The van der Waals surface area contributed by atoms with Gasteiger partial charge in [0.05, 0.1) is 11.9 Å². The zero-order chi connectivity index (χ0) is 26.0. The van der Waals surface area contributed by atoms with E-state index in [0.29, 0.717) is 25.1 Å². The molecule has 0 aliphatic heterocycles. The van der Waals surface area contributed by atoms with Crippen LogP contribution in [0.1, 0.15) is 57.6 Å². The summed E-state index contributed by atoms with van der Waals surface area (Å²) in [6, 6.07) is 16.1. The Morgan fingerprint density at radius 3 is 2.17 bits per heavy atom. The van der Waals surface area contributed by atoms with E-state index in [1.165, 1.54) is 10.6 Å². The van der Waals surface area contributed by atoms with Crippen LogP contribution in [-0.4, -0.2) is 50.0 Å². The Morgan fingerprint density at radius 1 is 0.971 bits per heavy atom. The summed E-state index contributed by atoms with van der Waals surface area (Å²) in [4.78, 5) is 28.2. The number of sulfonamides is 1. The Morgan fingerprint density at radius 2 is 1.60 bits per heavy atom. The van der Waals surface area contributed by atoms with Crippen molar-refractivity contribution in [3.63, 3.8) is 0 Å². The maximum absolute atomic E-state index is 13.5. The van der Waals surface area contributed by atoms with Gasteiger partial charge in [-0.1, -0.05) is 56.3 Å². The Kier molecular flexibility index (Phi) is 10.8. The molecule has 2 amide bonds. The van der Waals surface area contributed by atoms with Crippen molar-refractivity contribution in [1.82, 2.24) is 10.2 Å². The first-order chi connectivity index (χ1) is 16.6. The quantitative estimate of drug-likeness (QED) is 0.444. The highest BCUT2D eigenvalue weighted by atomic mass is 32.2. The maximum Gasteiger partial charge on any atom is 0.243 e. The highest BCUT2D eigenvalue weighted by molar-refractivity contribution is 7.92. The number of para-hydroxylation sites is 1. The predicted molar refractivity (Wildman–Crippen MR) is 142 cm³/mol. The zero-order valence-electron chi connectivity index (χ0n) is 21.5. The van der Waals surface area contributed by atoms with E-state index in [1.54, 1.807) is 29.2 Å². The minimum absolute atomic E-state index is 0.0150. The van der Waals surface area contributed by atoms with Gasteiger partial charge in [-0.15, -0.1) is 0 Å². The number of carbonyl (C=O) groups excluding carboxylic acids is 2. The third-order valence-electron chi connectivity index (χ3n) is 6.19. The van der Waals surface area contributed by atoms with Gasteiger partial charge in [0.25, 0.3) is 0 Å². The molecule has 0 saturated heterocycles. The summed E-state index contributed by atoms with van der Waals surface area (Å²) in [6.07, 6.45) is 2.93. The van der Waals surface area contributed by atoms with Crippen molar-refractivity contribution in [3.8, 4) is 0 Å². The molecule has 0 aliphatic carbocycles. The van der Waals surface area contributed by atoms with E-state index in [9.17, 15) is 18.0 Å². The molecule has 2 aromatic carbocycles.